The molecule has 0 aromatic carbocycles. The van der Waals surface area contributed by atoms with Crippen LogP contribution in [0.15, 0.2) is 0 Å². The number of imide groups is 1. The van der Waals surface area contributed by atoms with Crippen molar-refractivity contribution in [1.82, 2.24) is 15.1 Å². The number of ether oxygens (including phenoxy) is 1. The molecule has 0 aliphatic carbocycles. The van der Waals surface area contributed by atoms with Crippen molar-refractivity contribution in [3.8, 4) is 0 Å². The van der Waals surface area contributed by atoms with Crippen LogP contribution in [0.4, 0.5) is 4.79 Å². The number of hydrogen-bond acceptors (Lipinski definition) is 4. The molecular weight excluding hydrogens is 234 g/mol. The first kappa shape index (κ1) is 11.9. The number of likely N-dealkylation sites (tertiary alicyclic amines) is 1. The molecular formula is C12H19N3O3. The zero-order valence-corrected chi connectivity index (χ0v) is 10.4. The number of rotatable bonds is 3. The van der Waals surface area contributed by atoms with E-state index in [-0.39, 0.29) is 24.5 Å². The number of nitrogens with one attached hydrogen (secondary N) is 1. The van der Waals surface area contributed by atoms with Crippen LogP contribution in [0, 0.1) is 0 Å². The van der Waals surface area contributed by atoms with Crippen LogP contribution in [-0.4, -0.2) is 66.7 Å². The fourth-order valence-electron chi connectivity index (χ4n) is 2.90. The minimum Gasteiger partial charge on any atom is -0.377 e. The first-order chi connectivity index (χ1) is 8.74. The molecule has 3 rings (SSSR count). The maximum absolute atomic E-state index is 11.5. The second-order valence-electron chi connectivity index (χ2n) is 5.28. The van der Waals surface area contributed by atoms with Gasteiger partial charge in [0.1, 0.15) is 0 Å². The molecule has 6 nitrogen and oxygen atoms in total. The SMILES string of the molecule is O=C1CNC(=O)N1C1CN(CC2CCCCO2)C1. The minimum atomic E-state index is -0.237. The van der Waals surface area contributed by atoms with E-state index in [1.807, 2.05) is 0 Å². The highest BCUT2D eigenvalue weighted by Crippen LogP contribution is 2.21. The highest BCUT2D eigenvalue weighted by atomic mass is 16.5. The number of urea groups is 1. The van der Waals surface area contributed by atoms with Gasteiger partial charge in [-0.25, -0.2) is 4.79 Å². The molecule has 1 unspecified atom stereocenters. The maximum atomic E-state index is 11.5. The topological polar surface area (TPSA) is 61.9 Å². The van der Waals surface area contributed by atoms with Crippen LogP contribution in [0.1, 0.15) is 19.3 Å². The Labute approximate surface area is 106 Å². The van der Waals surface area contributed by atoms with Crippen molar-refractivity contribution in [3.05, 3.63) is 0 Å². The summed E-state index contributed by atoms with van der Waals surface area (Å²) < 4.78 is 5.69. The zero-order valence-electron chi connectivity index (χ0n) is 10.4. The van der Waals surface area contributed by atoms with Gasteiger partial charge in [0, 0.05) is 26.2 Å². The Morgan fingerprint density at radius 3 is 2.72 bits per heavy atom. The summed E-state index contributed by atoms with van der Waals surface area (Å²) in [6, 6.07) is -0.179. The number of nitrogens with zero attached hydrogens (tertiary/aromatic N) is 2. The van der Waals surface area contributed by atoms with Gasteiger partial charge in [-0.3, -0.25) is 14.6 Å². The van der Waals surface area contributed by atoms with Crippen LogP contribution >= 0.6 is 0 Å². The van der Waals surface area contributed by atoms with E-state index in [0.717, 1.165) is 32.7 Å². The lowest BCUT2D eigenvalue weighted by Crippen LogP contribution is -2.62. The third-order valence-corrected chi connectivity index (χ3v) is 3.92. The Hall–Kier alpha value is -1.14. The first-order valence-corrected chi connectivity index (χ1v) is 6.68. The normalized spacial score (nSPS) is 30.4. The van der Waals surface area contributed by atoms with Crippen molar-refractivity contribution in [2.24, 2.45) is 0 Å². The third kappa shape index (κ3) is 2.22. The molecule has 3 amide bonds. The molecule has 1 atom stereocenters. The Balaban J connectivity index is 1.45. The largest absolute Gasteiger partial charge is 0.377 e. The number of carbonyl (C=O) groups is 2. The summed E-state index contributed by atoms with van der Waals surface area (Å²) in [6.45, 7) is 3.54. The summed E-state index contributed by atoms with van der Waals surface area (Å²) in [4.78, 5) is 26.6. The van der Waals surface area contributed by atoms with Gasteiger partial charge in [-0.1, -0.05) is 0 Å². The smallest absolute Gasteiger partial charge is 0.324 e. The highest BCUT2D eigenvalue weighted by Gasteiger charge is 2.41. The van der Waals surface area contributed by atoms with Crippen LogP contribution < -0.4 is 5.32 Å². The van der Waals surface area contributed by atoms with Crippen LogP contribution in [-0.2, 0) is 9.53 Å². The molecule has 18 heavy (non-hydrogen) atoms. The van der Waals surface area contributed by atoms with Crippen molar-refractivity contribution in [2.75, 3.05) is 32.8 Å². The molecule has 1 N–H and O–H groups in total. The average molecular weight is 253 g/mol. The molecule has 0 spiro atoms. The molecule has 0 aromatic rings. The van der Waals surface area contributed by atoms with Gasteiger partial charge in [-0.05, 0) is 19.3 Å². The van der Waals surface area contributed by atoms with Gasteiger partial charge in [0.05, 0.1) is 18.7 Å². The summed E-state index contributed by atoms with van der Waals surface area (Å²) in [5.41, 5.74) is 0. The van der Waals surface area contributed by atoms with Crippen LogP contribution in [0.3, 0.4) is 0 Å². The van der Waals surface area contributed by atoms with E-state index in [2.05, 4.69) is 10.2 Å². The second kappa shape index (κ2) is 4.85. The maximum Gasteiger partial charge on any atom is 0.324 e. The molecule has 0 bridgehead atoms. The van der Waals surface area contributed by atoms with Crippen molar-refractivity contribution in [3.63, 3.8) is 0 Å². The Morgan fingerprint density at radius 1 is 1.28 bits per heavy atom. The predicted octanol–water partition coefficient (Wildman–Crippen LogP) is -0.208. The van der Waals surface area contributed by atoms with Crippen LogP contribution in [0.2, 0.25) is 0 Å². The molecule has 0 radical (unpaired) electrons. The highest BCUT2D eigenvalue weighted by molar-refractivity contribution is 6.02. The Kier molecular flexibility index (Phi) is 3.22. The monoisotopic (exact) mass is 253 g/mol. The van der Waals surface area contributed by atoms with E-state index < -0.39 is 0 Å². The summed E-state index contributed by atoms with van der Waals surface area (Å²) in [7, 11) is 0. The first-order valence-electron chi connectivity index (χ1n) is 6.68. The van der Waals surface area contributed by atoms with Crippen LogP contribution in [0.25, 0.3) is 0 Å². The molecule has 0 saturated carbocycles. The van der Waals surface area contributed by atoms with E-state index >= 15 is 0 Å². The minimum absolute atomic E-state index is 0.0589. The second-order valence-corrected chi connectivity index (χ2v) is 5.28. The fraction of sp³-hybridized carbons (Fsp3) is 0.833. The Morgan fingerprint density at radius 2 is 2.11 bits per heavy atom. The molecule has 0 aromatic heterocycles. The molecule has 100 valence electrons. The summed E-state index contributed by atoms with van der Waals surface area (Å²) in [6.07, 6.45) is 3.88. The van der Waals surface area contributed by atoms with Gasteiger partial charge in [-0.2, -0.15) is 0 Å². The molecule has 3 saturated heterocycles. The van der Waals surface area contributed by atoms with E-state index in [1.165, 1.54) is 17.7 Å². The lowest BCUT2D eigenvalue weighted by atomic mass is 10.0. The van der Waals surface area contributed by atoms with Crippen molar-refractivity contribution in [1.29, 1.82) is 0 Å². The lowest BCUT2D eigenvalue weighted by Gasteiger charge is -2.44. The third-order valence-electron chi connectivity index (χ3n) is 3.92. The predicted molar refractivity (Wildman–Crippen MR) is 64.1 cm³/mol. The van der Waals surface area contributed by atoms with Gasteiger partial charge in [-0.15, -0.1) is 0 Å². The number of amides is 3. The zero-order chi connectivity index (χ0) is 12.5. The molecule has 3 aliphatic rings. The van der Waals surface area contributed by atoms with Gasteiger partial charge in [0.2, 0.25) is 5.91 Å². The van der Waals surface area contributed by atoms with Crippen molar-refractivity contribution < 1.29 is 14.3 Å². The lowest BCUT2D eigenvalue weighted by molar-refractivity contribution is -0.129. The van der Waals surface area contributed by atoms with Crippen LogP contribution in [0.5, 0.6) is 0 Å². The van der Waals surface area contributed by atoms with Gasteiger partial charge >= 0.3 is 6.03 Å². The molecule has 6 heteroatoms. The van der Waals surface area contributed by atoms with E-state index in [4.69, 9.17) is 4.74 Å². The van der Waals surface area contributed by atoms with E-state index in [0.29, 0.717) is 6.10 Å². The summed E-state index contributed by atoms with van der Waals surface area (Å²) in [5, 5.41) is 2.56. The molecule has 3 heterocycles. The average Bonchev–Trinajstić information content (AvgIpc) is 2.65. The quantitative estimate of drug-likeness (QED) is 0.707. The number of carbonyl (C=O) groups excluding carboxylic acids is 2. The standard InChI is InChI=1S/C12H19N3O3/c16-11-5-13-12(17)15(11)9-6-14(7-9)8-10-3-1-2-4-18-10/h9-10H,1-8H2,(H,13,17). The van der Waals surface area contributed by atoms with Gasteiger partial charge < -0.3 is 10.1 Å². The molecule has 3 fully saturated rings. The van der Waals surface area contributed by atoms with Crippen molar-refractivity contribution >= 4 is 11.9 Å². The number of hydrogen-bond donors (Lipinski definition) is 1. The van der Waals surface area contributed by atoms with Gasteiger partial charge in [0.15, 0.2) is 0 Å². The summed E-state index contributed by atoms with van der Waals surface area (Å²) in [5.74, 6) is -0.0985. The Bertz CT molecular complexity index is 332. The fourth-order valence-corrected chi connectivity index (χ4v) is 2.90. The van der Waals surface area contributed by atoms with E-state index in [1.54, 1.807) is 0 Å². The van der Waals surface area contributed by atoms with Crippen molar-refractivity contribution in [2.45, 2.75) is 31.4 Å². The van der Waals surface area contributed by atoms with E-state index in [9.17, 15) is 9.59 Å². The molecule has 3 aliphatic heterocycles. The van der Waals surface area contributed by atoms with Gasteiger partial charge in [0.25, 0.3) is 0 Å². The summed E-state index contributed by atoms with van der Waals surface area (Å²) >= 11 is 0.